The predicted octanol–water partition coefficient (Wildman–Crippen LogP) is 14.2. The van der Waals surface area contributed by atoms with Crippen LogP contribution in [0.4, 0.5) is 0 Å². The van der Waals surface area contributed by atoms with E-state index < -0.39 is 16.6 Å². The number of alkyl halides is 1. The van der Waals surface area contributed by atoms with Gasteiger partial charge in [-0.25, -0.2) is 0 Å². The van der Waals surface area contributed by atoms with Gasteiger partial charge in [0.25, 0.3) is 0 Å². The maximum Gasteiger partial charge on any atom is 0.207 e. The maximum atomic E-state index is 7.97. The summed E-state index contributed by atoms with van der Waals surface area (Å²) in [6.07, 6.45) is 14.7. The van der Waals surface area contributed by atoms with Crippen molar-refractivity contribution in [2.45, 2.75) is 165 Å². The molecular formula is C38H62Br2O2Si2. The highest BCUT2D eigenvalue weighted by Gasteiger charge is 2.48. The second kappa shape index (κ2) is 19.5. The summed E-state index contributed by atoms with van der Waals surface area (Å²) >= 11 is 8.19. The van der Waals surface area contributed by atoms with E-state index in [9.17, 15) is 0 Å². The van der Waals surface area contributed by atoms with Crippen LogP contribution in [0.15, 0.2) is 46.9 Å². The fourth-order valence-electron chi connectivity index (χ4n) is 7.25. The van der Waals surface area contributed by atoms with E-state index in [4.69, 9.17) is 8.85 Å². The molecule has 2 nitrogen and oxygen atoms in total. The van der Waals surface area contributed by atoms with E-state index in [1.165, 1.54) is 130 Å². The average Bonchev–Trinajstić information content (AvgIpc) is 3.04. The molecule has 0 heterocycles. The van der Waals surface area contributed by atoms with Gasteiger partial charge in [-0.05, 0) is 71.0 Å². The molecule has 0 spiro atoms. The van der Waals surface area contributed by atoms with Crippen molar-refractivity contribution in [3.63, 3.8) is 0 Å². The lowest BCUT2D eigenvalue weighted by Gasteiger charge is -2.47. The minimum atomic E-state index is -2.21. The Bertz CT molecular complexity index is 1080. The summed E-state index contributed by atoms with van der Waals surface area (Å²) in [4.78, 5) is 0. The molecule has 0 saturated heterocycles. The number of hydrogen-bond donors (Lipinski definition) is 0. The molecule has 0 fully saturated rings. The minimum Gasteiger partial charge on any atom is -0.407 e. The normalized spacial score (nSPS) is 17.4. The van der Waals surface area contributed by atoms with E-state index >= 15 is 0 Å². The molecule has 0 saturated carbocycles. The quantitative estimate of drug-likeness (QED) is 0.0878. The number of fused-ring (bicyclic) bond motifs is 3. The van der Waals surface area contributed by atoms with E-state index in [0.29, 0.717) is 4.45 Å². The summed E-state index contributed by atoms with van der Waals surface area (Å²) in [5.41, 5.74) is 5.34. The van der Waals surface area contributed by atoms with Crippen molar-refractivity contribution in [3.8, 4) is 11.1 Å². The monoisotopic (exact) mass is 764 g/mol. The van der Waals surface area contributed by atoms with Crippen LogP contribution in [-0.2, 0) is 8.85 Å². The fourth-order valence-corrected chi connectivity index (χ4v) is 19.4. The highest BCUT2D eigenvalue weighted by Crippen LogP contribution is 2.53. The summed E-state index contributed by atoms with van der Waals surface area (Å²) in [5.74, 6) is 0. The summed E-state index contributed by atoms with van der Waals surface area (Å²) in [6.45, 7) is 14.1. The highest BCUT2D eigenvalue weighted by molar-refractivity contribution is 9.10. The SMILES string of the molecule is CCCC[Si](CCCC)(CCCC)OC1c2cc(Br)ccc2-c2ccccc2C1O[Si](CCCC)(CCCC)C(Br)CCC. The molecule has 0 N–H and O–H groups in total. The zero-order chi connectivity index (χ0) is 32.0. The van der Waals surface area contributed by atoms with E-state index in [1.807, 2.05) is 0 Å². The molecule has 3 rings (SSSR count). The molecule has 1 aliphatic rings. The first-order chi connectivity index (χ1) is 21.3. The van der Waals surface area contributed by atoms with Gasteiger partial charge in [0.15, 0.2) is 8.32 Å². The lowest BCUT2D eigenvalue weighted by Crippen LogP contribution is -2.50. The van der Waals surface area contributed by atoms with Gasteiger partial charge >= 0.3 is 0 Å². The van der Waals surface area contributed by atoms with Crippen LogP contribution < -0.4 is 0 Å². The Labute approximate surface area is 290 Å². The van der Waals surface area contributed by atoms with Crippen LogP contribution in [0.5, 0.6) is 0 Å². The Morgan fingerprint density at radius 1 is 0.614 bits per heavy atom. The first kappa shape index (κ1) is 38.2. The molecule has 0 aromatic heterocycles. The molecule has 2 aromatic rings. The van der Waals surface area contributed by atoms with Crippen LogP contribution in [0.2, 0.25) is 30.2 Å². The van der Waals surface area contributed by atoms with Crippen molar-refractivity contribution in [1.29, 1.82) is 0 Å². The summed E-state index contributed by atoms with van der Waals surface area (Å²) in [6, 6.07) is 22.3. The van der Waals surface area contributed by atoms with Crippen LogP contribution in [0, 0.1) is 0 Å². The Balaban J connectivity index is 2.25. The molecule has 6 heteroatoms. The van der Waals surface area contributed by atoms with Gasteiger partial charge in [-0.3, -0.25) is 0 Å². The summed E-state index contributed by atoms with van der Waals surface area (Å²) in [5, 5.41) is 0. The largest absolute Gasteiger partial charge is 0.407 e. The van der Waals surface area contributed by atoms with E-state index in [-0.39, 0.29) is 12.2 Å². The first-order valence-corrected chi connectivity index (χ1v) is 24.9. The predicted molar refractivity (Wildman–Crippen MR) is 205 cm³/mol. The molecule has 1 aliphatic carbocycles. The Morgan fingerprint density at radius 2 is 1.11 bits per heavy atom. The first-order valence-electron chi connectivity index (χ1n) is 18.2. The van der Waals surface area contributed by atoms with Gasteiger partial charge < -0.3 is 8.85 Å². The second-order valence-corrected chi connectivity index (χ2v) is 24.4. The van der Waals surface area contributed by atoms with E-state index in [2.05, 4.69) is 116 Å². The van der Waals surface area contributed by atoms with E-state index in [0.717, 1.165) is 4.47 Å². The maximum absolute atomic E-state index is 7.97. The van der Waals surface area contributed by atoms with Gasteiger partial charge in [0.1, 0.15) is 12.2 Å². The molecule has 2 aromatic carbocycles. The zero-order valence-electron chi connectivity index (χ0n) is 28.9. The number of halogens is 2. The van der Waals surface area contributed by atoms with Crippen molar-refractivity contribution in [2.75, 3.05) is 0 Å². The number of hydrogen-bond acceptors (Lipinski definition) is 2. The molecule has 0 aliphatic heterocycles. The van der Waals surface area contributed by atoms with Crippen molar-refractivity contribution in [1.82, 2.24) is 0 Å². The molecule has 0 amide bonds. The highest BCUT2D eigenvalue weighted by atomic mass is 79.9. The summed E-state index contributed by atoms with van der Waals surface area (Å²) < 4.78 is 17.5. The number of unbranched alkanes of at least 4 members (excludes halogenated alkanes) is 5. The third kappa shape index (κ3) is 9.89. The third-order valence-electron chi connectivity index (χ3n) is 9.87. The number of benzene rings is 2. The topological polar surface area (TPSA) is 18.5 Å². The van der Waals surface area contributed by atoms with Crippen LogP contribution in [0.1, 0.15) is 142 Å². The molecule has 248 valence electrons. The van der Waals surface area contributed by atoms with Gasteiger partial charge in [-0.15, -0.1) is 0 Å². The molecule has 0 bridgehead atoms. The van der Waals surface area contributed by atoms with Crippen molar-refractivity contribution >= 4 is 48.5 Å². The van der Waals surface area contributed by atoms with Crippen LogP contribution in [-0.4, -0.2) is 21.1 Å². The zero-order valence-corrected chi connectivity index (χ0v) is 34.0. The number of rotatable bonds is 22. The molecule has 3 unspecified atom stereocenters. The van der Waals surface area contributed by atoms with Crippen LogP contribution >= 0.6 is 31.9 Å². The molecule has 44 heavy (non-hydrogen) atoms. The second-order valence-electron chi connectivity index (χ2n) is 13.4. The minimum absolute atomic E-state index is 0.0638. The lowest BCUT2D eigenvalue weighted by atomic mass is 9.82. The molecule has 3 atom stereocenters. The Hall–Kier alpha value is -0.246. The van der Waals surface area contributed by atoms with Crippen molar-refractivity contribution in [2.24, 2.45) is 0 Å². The lowest BCUT2D eigenvalue weighted by molar-refractivity contribution is 0.0331. The standard InChI is InChI=1S/C38H62Br2O2Si2/c1-7-13-25-43(26-14-8-2,27-15-9-3)41-38-35-30-31(39)23-24-33(35)32-21-18-19-22-34(32)37(38)42-44(28-16-10-4,29-17-11-5)36(40)20-12-6/h18-19,21-24,30,36-38H,7-17,20,25-29H2,1-6H3. The van der Waals surface area contributed by atoms with Crippen molar-refractivity contribution < 1.29 is 8.85 Å². The van der Waals surface area contributed by atoms with E-state index in [1.54, 1.807) is 0 Å². The Morgan fingerprint density at radius 3 is 1.66 bits per heavy atom. The molecular weight excluding hydrogens is 704 g/mol. The third-order valence-corrected chi connectivity index (χ3v) is 22.4. The Kier molecular flexibility index (Phi) is 17.0. The van der Waals surface area contributed by atoms with Gasteiger partial charge in [-0.1, -0.05) is 174 Å². The van der Waals surface area contributed by atoms with Gasteiger partial charge in [0.05, 0.1) is 0 Å². The summed E-state index contributed by atoms with van der Waals surface area (Å²) in [7, 11) is -4.26. The van der Waals surface area contributed by atoms with Crippen LogP contribution in [0.25, 0.3) is 11.1 Å². The van der Waals surface area contributed by atoms with Crippen molar-refractivity contribution in [3.05, 3.63) is 58.1 Å². The average molecular weight is 767 g/mol. The van der Waals surface area contributed by atoms with Crippen LogP contribution in [0.3, 0.4) is 0 Å². The van der Waals surface area contributed by atoms with Gasteiger partial charge in [0, 0.05) is 8.92 Å². The molecule has 0 radical (unpaired) electrons. The van der Waals surface area contributed by atoms with Gasteiger partial charge in [-0.2, -0.15) is 0 Å². The fraction of sp³-hybridized carbons (Fsp3) is 0.684. The van der Waals surface area contributed by atoms with Gasteiger partial charge in [0.2, 0.25) is 8.32 Å². The smallest absolute Gasteiger partial charge is 0.207 e.